The van der Waals surface area contributed by atoms with Crippen LogP contribution >= 0.6 is 11.6 Å². The van der Waals surface area contributed by atoms with Gasteiger partial charge in [-0.15, -0.1) is 11.6 Å². The Kier molecular flexibility index (Phi) is 3.81. The van der Waals surface area contributed by atoms with E-state index in [0.717, 1.165) is 0 Å². The lowest BCUT2D eigenvalue weighted by Gasteiger charge is -2.08. The Labute approximate surface area is 90.3 Å². The molecule has 0 atom stereocenters. The fraction of sp³-hybridized carbons (Fsp3) is 0.333. The monoisotopic (exact) mass is 232 g/mol. The van der Waals surface area contributed by atoms with E-state index in [4.69, 9.17) is 21.6 Å². The van der Waals surface area contributed by atoms with Gasteiger partial charge in [0.1, 0.15) is 11.8 Å². The number of nitriles is 1. The van der Waals surface area contributed by atoms with Crippen molar-refractivity contribution < 1.29 is 13.5 Å². The van der Waals surface area contributed by atoms with E-state index in [1.54, 1.807) is 6.07 Å². The summed E-state index contributed by atoms with van der Waals surface area (Å²) >= 11 is 5.55. The van der Waals surface area contributed by atoms with E-state index in [1.165, 1.54) is 13.2 Å². The van der Waals surface area contributed by atoms with Gasteiger partial charge in [-0.2, -0.15) is 5.26 Å². The molecular formula is C9H7ClF2N2O. The van der Waals surface area contributed by atoms with Gasteiger partial charge in [0, 0.05) is 5.56 Å². The summed E-state index contributed by atoms with van der Waals surface area (Å²) in [5, 5.41) is 8.64. The summed E-state index contributed by atoms with van der Waals surface area (Å²) in [4.78, 5) is 3.55. The number of hydrogen-bond acceptors (Lipinski definition) is 3. The smallest absolute Gasteiger partial charge is 0.281 e. The number of hydrogen-bond donors (Lipinski definition) is 0. The van der Waals surface area contributed by atoms with Gasteiger partial charge in [-0.25, -0.2) is 13.8 Å². The summed E-state index contributed by atoms with van der Waals surface area (Å²) in [7, 11) is 1.31. The lowest BCUT2D eigenvalue weighted by atomic mass is 10.1. The fourth-order valence-corrected chi connectivity index (χ4v) is 1.27. The van der Waals surface area contributed by atoms with Gasteiger partial charge >= 0.3 is 0 Å². The van der Waals surface area contributed by atoms with Crippen LogP contribution in [0.3, 0.4) is 0 Å². The Hall–Kier alpha value is -1.41. The van der Waals surface area contributed by atoms with Crippen LogP contribution in [0.5, 0.6) is 5.88 Å². The first-order valence-corrected chi connectivity index (χ1v) is 4.49. The third-order valence-corrected chi connectivity index (χ3v) is 2.04. The zero-order chi connectivity index (χ0) is 11.4. The molecule has 0 aromatic carbocycles. The van der Waals surface area contributed by atoms with Gasteiger partial charge in [0.15, 0.2) is 0 Å². The van der Waals surface area contributed by atoms with Crippen molar-refractivity contribution in [3.63, 3.8) is 0 Å². The maximum absolute atomic E-state index is 12.5. The number of rotatable bonds is 3. The average molecular weight is 233 g/mol. The molecule has 0 saturated heterocycles. The molecule has 80 valence electrons. The van der Waals surface area contributed by atoms with Crippen LogP contribution in [0.2, 0.25) is 0 Å². The molecule has 0 aliphatic heterocycles. The summed E-state index contributed by atoms with van der Waals surface area (Å²) in [6.07, 6.45) is -2.81. The predicted molar refractivity (Wildman–Crippen MR) is 50.0 cm³/mol. The SMILES string of the molecule is COc1nc(C(F)F)c(C#N)cc1CCl. The van der Waals surface area contributed by atoms with Gasteiger partial charge in [0.25, 0.3) is 6.43 Å². The average Bonchev–Trinajstić information content (AvgIpc) is 2.26. The topological polar surface area (TPSA) is 45.9 Å². The molecule has 1 rings (SSSR count). The third-order valence-electron chi connectivity index (χ3n) is 1.76. The molecule has 0 N–H and O–H groups in total. The van der Waals surface area contributed by atoms with Crippen molar-refractivity contribution in [2.75, 3.05) is 7.11 Å². The summed E-state index contributed by atoms with van der Waals surface area (Å²) in [6, 6.07) is 2.91. The van der Waals surface area contributed by atoms with E-state index in [2.05, 4.69) is 4.98 Å². The van der Waals surface area contributed by atoms with E-state index in [-0.39, 0.29) is 17.3 Å². The molecule has 0 spiro atoms. The number of methoxy groups -OCH3 is 1. The molecule has 3 nitrogen and oxygen atoms in total. The Balaban J connectivity index is 3.36. The number of nitrogens with zero attached hydrogens (tertiary/aromatic N) is 2. The molecule has 0 saturated carbocycles. The van der Waals surface area contributed by atoms with Crippen LogP contribution in [0.25, 0.3) is 0 Å². The number of pyridine rings is 1. The Morgan fingerprint density at radius 3 is 2.73 bits per heavy atom. The zero-order valence-corrected chi connectivity index (χ0v) is 8.55. The molecule has 1 heterocycles. The first-order chi connectivity index (χ1) is 7.13. The highest BCUT2D eigenvalue weighted by molar-refractivity contribution is 6.17. The second-order valence-electron chi connectivity index (χ2n) is 2.64. The minimum atomic E-state index is -2.81. The van der Waals surface area contributed by atoms with Gasteiger partial charge in [-0.05, 0) is 6.07 Å². The normalized spacial score (nSPS) is 10.1. The Morgan fingerprint density at radius 1 is 1.67 bits per heavy atom. The molecule has 0 fully saturated rings. The van der Waals surface area contributed by atoms with Crippen molar-refractivity contribution >= 4 is 11.6 Å². The highest BCUT2D eigenvalue weighted by atomic mass is 35.5. The van der Waals surface area contributed by atoms with Crippen LogP contribution in [0.15, 0.2) is 6.07 Å². The van der Waals surface area contributed by atoms with Crippen LogP contribution in [0, 0.1) is 11.3 Å². The van der Waals surface area contributed by atoms with Crippen molar-refractivity contribution in [1.29, 1.82) is 5.26 Å². The van der Waals surface area contributed by atoms with Crippen molar-refractivity contribution in [3.8, 4) is 11.9 Å². The van der Waals surface area contributed by atoms with Gasteiger partial charge < -0.3 is 4.74 Å². The molecule has 1 aromatic rings. The van der Waals surface area contributed by atoms with E-state index in [9.17, 15) is 8.78 Å². The molecule has 6 heteroatoms. The number of halogens is 3. The van der Waals surface area contributed by atoms with Crippen molar-refractivity contribution in [2.24, 2.45) is 0 Å². The van der Waals surface area contributed by atoms with Gasteiger partial charge in [0.2, 0.25) is 5.88 Å². The summed E-state index contributed by atoms with van der Waals surface area (Å²) in [5.74, 6) is 0.0771. The largest absolute Gasteiger partial charge is 0.481 e. The highest BCUT2D eigenvalue weighted by Gasteiger charge is 2.18. The first kappa shape index (κ1) is 11.7. The van der Waals surface area contributed by atoms with Gasteiger partial charge in [0.05, 0.1) is 18.6 Å². The van der Waals surface area contributed by atoms with Crippen LogP contribution in [-0.2, 0) is 5.88 Å². The second-order valence-corrected chi connectivity index (χ2v) is 2.90. The maximum atomic E-state index is 12.5. The maximum Gasteiger partial charge on any atom is 0.281 e. The minimum Gasteiger partial charge on any atom is -0.481 e. The van der Waals surface area contributed by atoms with E-state index < -0.39 is 12.1 Å². The van der Waals surface area contributed by atoms with E-state index in [1.807, 2.05) is 0 Å². The lowest BCUT2D eigenvalue weighted by Crippen LogP contribution is -2.01. The summed E-state index contributed by atoms with van der Waals surface area (Å²) in [5.41, 5.74) is -0.343. The zero-order valence-electron chi connectivity index (χ0n) is 7.80. The molecule has 0 aliphatic carbocycles. The minimum absolute atomic E-state index is 0.0271. The molecule has 0 radical (unpaired) electrons. The van der Waals surface area contributed by atoms with Crippen LogP contribution in [-0.4, -0.2) is 12.1 Å². The molecule has 0 unspecified atom stereocenters. The number of aromatic nitrogens is 1. The summed E-state index contributed by atoms with van der Waals surface area (Å²) in [6.45, 7) is 0. The number of ether oxygens (including phenoxy) is 1. The van der Waals surface area contributed by atoms with E-state index >= 15 is 0 Å². The van der Waals surface area contributed by atoms with E-state index in [0.29, 0.717) is 5.56 Å². The third kappa shape index (κ3) is 2.34. The first-order valence-electron chi connectivity index (χ1n) is 3.96. The molecule has 0 aliphatic rings. The highest BCUT2D eigenvalue weighted by Crippen LogP contribution is 2.27. The van der Waals surface area contributed by atoms with Crippen molar-refractivity contribution in [2.45, 2.75) is 12.3 Å². The fourth-order valence-electron chi connectivity index (χ4n) is 1.08. The van der Waals surface area contributed by atoms with Gasteiger partial charge in [-0.3, -0.25) is 0 Å². The van der Waals surface area contributed by atoms with Crippen LogP contribution in [0.4, 0.5) is 8.78 Å². The predicted octanol–water partition coefficient (Wildman–Crippen LogP) is 2.64. The quantitative estimate of drug-likeness (QED) is 0.753. The molecule has 0 bridgehead atoms. The van der Waals surface area contributed by atoms with Crippen molar-refractivity contribution in [3.05, 3.63) is 22.9 Å². The number of alkyl halides is 3. The molecule has 15 heavy (non-hydrogen) atoms. The van der Waals surface area contributed by atoms with Crippen LogP contribution < -0.4 is 4.74 Å². The van der Waals surface area contributed by atoms with Crippen LogP contribution in [0.1, 0.15) is 23.2 Å². The van der Waals surface area contributed by atoms with Gasteiger partial charge in [-0.1, -0.05) is 0 Å². The Bertz CT molecular complexity index is 404. The molecule has 0 amide bonds. The molecule has 1 aromatic heterocycles. The molecular weight excluding hydrogens is 226 g/mol. The standard InChI is InChI=1S/C9H7ClF2N2O/c1-15-9-5(3-10)2-6(4-13)7(14-9)8(11)12/h2,8H,3H2,1H3. The Morgan fingerprint density at radius 2 is 2.33 bits per heavy atom. The summed E-state index contributed by atoms with van der Waals surface area (Å²) < 4.78 is 29.7. The lowest BCUT2D eigenvalue weighted by molar-refractivity contribution is 0.144. The van der Waals surface area contributed by atoms with Crippen molar-refractivity contribution in [1.82, 2.24) is 4.98 Å². The second kappa shape index (κ2) is 4.89.